The van der Waals surface area contributed by atoms with Gasteiger partial charge in [0.15, 0.2) is 0 Å². The third-order valence-corrected chi connectivity index (χ3v) is 6.35. The molecular weight excluding hydrogens is 436 g/mol. The molecule has 1 aliphatic rings. The van der Waals surface area contributed by atoms with Crippen molar-refractivity contribution in [3.8, 4) is 5.75 Å². The zero-order valence-electron chi connectivity index (χ0n) is 16.9. The molecule has 1 unspecified atom stereocenters. The van der Waals surface area contributed by atoms with E-state index < -0.39 is 0 Å². The van der Waals surface area contributed by atoms with Gasteiger partial charge in [0.1, 0.15) is 10.8 Å². The van der Waals surface area contributed by atoms with Crippen LogP contribution >= 0.6 is 22.9 Å². The molecule has 2 heterocycles. The number of ether oxygens (including phenoxy) is 1. The van der Waals surface area contributed by atoms with Gasteiger partial charge in [-0.2, -0.15) is 0 Å². The van der Waals surface area contributed by atoms with Crippen LogP contribution in [0.4, 0.5) is 10.8 Å². The molecule has 160 valence electrons. The molecule has 0 saturated carbocycles. The zero-order chi connectivity index (χ0) is 21.8. The van der Waals surface area contributed by atoms with E-state index in [1.54, 1.807) is 24.1 Å². The molecule has 0 bridgehead atoms. The van der Waals surface area contributed by atoms with Gasteiger partial charge in [-0.25, -0.2) is 0 Å². The van der Waals surface area contributed by atoms with Gasteiger partial charge in [0.05, 0.1) is 7.11 Å². The standard InChI is InChI=1S/C22H21ClN4O3S/c1-30-18-9-2-14(3-10-18)4-11-19(28)24-22-26-25-21(31-22)15-12-20(29)27(13-15)17-7-5-16(23)6-8-17/h2-3,5-10,15H,4,11-13H2,1H3,(H,24,26,28). The van der Waals surface area contributed by atoms with Crippen LogP contribution in [0.25, 0.3) is 0 Å². The summed E-state index contributed by atoms with van der Waals surface area (Å²) in [6, 6.07) is 14.8. The van der Waals surface area contributed by atoms with Gasteiger partial charge in [-0.05, 0) is 48.4 Å². The number of rotatable bonds is 7. The number of anilines is 2. The van der Waals surface area contributed by atoms with E-state index >= 15 is 0 Å². The number of hydrogen-bond donors (Lipinski definition) is 1. The van der Waals surface area contributed by atoms with Gasteiger partial charge in [-0.15, -0.1) is 10.2 Å². The highest BCUT2D eigenvalue weighted by atomic mass is 35.5. The Kier molecular flexibility index (Phi) is 6.48. The van der Waals surface area contributed by atoms with Crippen molar-refractivity contribution < 1.29 is 14.3 Å². The molecule has 1 N–H and O–H groups in total. The second-order valence-corrected chi connectivity index (χ2v) is 8.67. The Labute approximate surface area is 189 Å². The van der Waals surface area contributed by atoms with E-state index in [0.29, 0.717) is 36.0 Å². The van der Waals surface area contributed by atoms with Crippen molar-refractivity contribution in [1.29, 1.82) is 0 Å². The second kappa shape index (κ2) is 9.45. The van der Waals surface area contributed by atoms with Crippen molar-refractivity contribution in [3.05, 3.63) is 64.1 Å². The Balaban J connectivity index is 1.32. The second-order valence-electron chi connectivity index (χ2n) is 7.22. The Morgan fingerprint density at radius 3 is 2.65 bits per heavy atom. The highest BCUT2D eigenvalue weighted by molar-refractivity contribution is 7.15. The fourth-order valence-electron chi connectivity index (χ4n) is 3.43. The molecule has 2 amide bonds. The quantitative estimate of drug-likeness (QED) is 0.573. The molecule has 3 aromatic rings. The summed E-state index contributed by atoms with van der Waals surface area (Å²) < 4.78 is 5.14. The first-order chi connectivity index (χ1) is 15.0. The summed E-state index contributed by atoms with van der Waals surface area (Å²) in [7, 11) is 1.62. The highest BCUT2D eigenvalue weighted by Gasteiger charge is 2.34. The van der Waals surface area contributed by atoms with Crippen LogP contribution in [0.1, 0.15) is 29.3 Å². The minimum atomic E-state index is -0.121. The maximum Gasteiger partial charge on any atom is 0.227 e. The largest absolute Gasteiger partial charge is 0.497 e. The summed E-state index contributed by atoms with van der Waals surface area (Å²) >= 11 is 7.25. The highest BCUT2D eigenvalue weighted by Crippen LogP contribution is 2.34. The average molecular weight is 457 g/mol. The SMILES string of the molecule is COc1ccc(CCC(=O)Nc2nnc(C3CC(=O)N(c4ccc(Cl)cc4)C3)s2)cc1. The maximum absolute atomic E-state index is 12.5. The predicted molar refractivity (Wildman–Crippen MR) is 121 cm³/mol. The molecule has 4 rings (SSSR count). The molecule has 1 fully saturated rings. The van der Waals surface area contributed by atoms with Crippen molar-refractivity contribution in [3.63, 3.8) is 0 Å². The number of hydrogen-bond acceptors (Lipinski definition) is 6. The summed E-state index contributed by atoms with van der Waals surface area (Å²) in [5.74, 6) is 0.650. The Bertz CT molecular complexity index is 1070. The normalized spacial score (nSPS) is 15.9. The number of methoxy groups -OCH3 is 1. The summed E-state index contributed by atoms with van der Waals surface area (Å²) in [6.07, 6.45) is 1.32. The van der Waals surface area contributed by atoms with Crippen molar-refractivity contribution in [2.75, 3.05) is 23.9 Å². The lowest BCUT2D eigenvalue weighted by Gasteiger charge is -2.16. The number of benzene rings is 2. The zero-order valence-corrected chi connectivity index (χ0v) is 18.4. The van der Waals surface area contributed by atoms with Crippen molar-refractivity contribution >= 4 is 45.6 Å². The summed E-state index contributed by atoms with van der Waals surface area (Å²) in [6.45, 7) is 0.528. The van der Waals surface area contributed by atoms with Crippen LogP contribution in [0.15, 0.2) is 48.5 Å². The van der Waals surface area contributed by atoms with E-state index in [2.05, 4.69) is 15.5 Å². The lowest BCUT2D eigenvalue weighted by molar-refractivity contribution is -0.117. The molecule has 0 radical (unpaired) electrons. The number of nitrogens with one attached hydrogen (secondary N) is 1. The van der Waals surface area contributed by atoms with Crippen LogP contribution in [0.5, 0.6) is 5.75 Å². The van der Waals surface area contributed by atoms with E-state index in [-0.39, 0.29) is 17.7 Å². The third kappa shape index (κ3) is 5.21. The summed E-state index contributed by atoms with van der Waals surface area (Å²) in [5, 5.41) is 12.9. The number of carbonyl (C=O) groups excluding carboxylic acids is 2. The van der Waals surface area contributed by atoms with Crippen LogP contribution in [-0.2, 0) is 16.0 Å². The molecule has 0 spiro atoms. The molecule has 31 heavy (non-hydrogen) atoms. The van der Waals surface area contributed by atoms with Crippen LogP contribution in [0.3, 0.4) is 0 Å². The molecule has 1 atom stereocenters. The first-order valence-electron chi connectivity index (χ1n) is 9.84. The van der Waals surface area contributed by atoms with E-state index in [0.717, 1.165) is 22.0 Å². The van der Waals surface area contributed by atoms with E-state index in [4.69, 9.17) is 16.3 Å². The van der Waals surface area contributed by atoms with Gasteiger partial charge < -0.3 is 15.0 Å². The molecule has 1 saturated heterocycles. The van der Waals surface area contributed by atoms with E-state index in [1.807, 2.05) is 36.4 Å². The Hall–Kier alpha value is -2.97. The monoisotopic (exact) mass is 456 g/mol. The number of carbonyl (C=O) groups is 2. The third-order valence-electron chi connectivity index (χ3n) is 5.10. The number of halogens is 1. The molecule has 1 aliphatic heterocycles. The van der Waals surface area contributed by atoms with Crippen molar-refractivity contribution in [2.24, 2.45) is 0 Å². The van der Waals surface area contributed by atoms with E-state index in [1.165, 1.54) is 11.3 Å². The smallest absolute Gasteiger partial charge is 0.227 e. The number of aromatic nitrogens is 2. The van der Waals surface area contributed by atoms with E-state index in [9.17, 15) is 9.59 Å². The molecule has 7 nitrogen and oxygen atoms in total. The molecule has 9 heteroatoms. The predicted octanol–water partition coefficient (Wildman–Crippen LogP) is 4.29. The number of aryl methyl sites for hydroxylation is 1. The summed E-state index contributed by atoms with van der Waals surface area (Å²) in [5.41, 5.74) is 1.87. The molecule has 2 aromatic carbocycles. The molecular formula is C22H21ClN4O3S. The van der Waals surface area contributed by atoms with Crippen LogP contribution in [0, 0.1) is 0 Å². The molecule has 1 aromatic heterocycles. The van der Waals surface area contributed by atoms with Gasteiger partial charge in [-0.1, -0.05) is 35.1 Å². The topological polar surface area (TPSA) is 84.4 Å². The van der Waals surface area contributed by atoms with Crippen LogP contribution in [0.2, 0.25) is 5.02 Å². The van der Waals surface area contributed by atoms with Crippen LogP contribution < -0.4 is 15.0 Å². The summed E-state index contributed by atoms with van der Waals surface area (Å²) in [4.78, 5) is 26.5. The fourth-order valence-corrected chi connectivity index (χ4v) is 4.40. The Morgan fingerprint density at radius 1 is 1.19 bits per heavy atom. The van der Waals surface area contributed by atoms with Gasteiger partial charge >= 0.3 is 0 Å². The minimum absolute atomic E-state index is 0.0348. The molecule has 0 aliphatic carbocycles. The van der Waals surface area contributed by atoms with Gasteiger partial charge in [0.25, 0.3) is 0 Å². The average Bonchev–Trinajstić information content (AvgIpc) is 3.40. The first kappa shape index (κ1) is 21.3. The first-order valence-corrected chi connectivity index (χ1v) is 11.0. The number of nitrogens with zero attached hydrogens (tertiary/aromatic N) is 3. The minimum Gasteiger partial charge on any atom is -0.497 e. The fraction of sp³-hybridized carbons (Fsp3) is 0.273. The Morgan fingerprint density at radius 2 is 1.94 bits per heavy atom. The number of amides is 2. The van der Waals surface area contributed by atoms with Gasteiger partial charge in [-0.3, -0.25) is 9.59 Å². The van der Waals surface area contributed by atoms with Crippen LogP contribution in [-0.4, -0.2) is 35.7 Å². The lowest BCUT2D eigenvalue weighted by atomic mass is 10.1. The van der Waals surface area contributed by atoms with Crippen molar-refractivity contribution in [2.45, 2.75) is 25.2 Å². The van der Waals surface area contributed by atoms with Gasteiger partial charge in [0.2, 0.25) is 16.9 Å². The van der Waals surface area contributed by atoms with Crippen molar-refractivity contribution in [1.82, 2.24) is 10.2 Å². The lowest BCUT2D eigenvalue weighted by Crippen LogP contribution is -2.24. The maximum atomic E-state index is 12.5. The van der Waals surface area contributed by atoms with Gasteiger partial charge in [0, 0.05) is 36.0 Å².